The number of aromatic hydroxyl groups is 2. The summed E-state index contributed by atoms with van der Waals surface area (Å²) in [4.78, 5) is 0. The minimum absolute atomic E-state index is 0.00579. The molecule has 0 saturated heterocycles. The molecule has 1 aliphatic heterocycles. The third kappa shape index (κ3) is 1.59. The molecule has 3 atom stereocenters. The van der Waals surface area contributed by atoms with Crippen LogP contribution in [-0.2, 0) is 4.74 Å². The second-order valence-corrected chi connectivity index (χ2v) is 4.84. The normalized spacial score (nSPS) is 28.9. The van der Waals surface area contributed by atoms with Gasteiger partial charge >= 0.3 is 0 Å². The Hall–Kier alpha value is -0.780. The summed E-state index contributed by atoms with van der Waals surface area (Å²) in [5.74, 6) is -0.0274. The van der Waals surface area contributed by atoms with Gasteiger partial charge in [-0.3, -0.25) is 0 Å². The lowest BCUT2D eigenvalue weighted by Gasteiger charge is -2.33. The lowest BCUT2D eigenvalue weighted by atomic mass is 9.91. The number of halogens is 1. The summed E-state index contributed by atoms with van der Waals surface area (Å²) in [7, 11) is 0. The molecule has 0 bridgehead atoms. The predicted octanol–water partition coefficient (Wildman–Crippen LogP) is 2.37. The number of aliphatic hydroxyl groups is 1. The number of ether oxygens (including phenoxy) is 1. The third-order valence-corrected chi connectivity index (χ3v) is 3.48. The summed E-state index contributed by atoms with van der Waals surface area (Å²) in [5.41, 5.74) is 0.796. The molecule has 2 rings (SSSR count). The zero-order chi connectivity index (χ0) is 12.0. The maximum Gasteiger partial charge on any atom is 0.136 e. The largest absolute Gasteiger partial charge is 0.508 e. The molecular formula is C11H13BrO4. The molecule has 1 aliphatic rings. The first kappa shape index (κ1) is 11.7. The number of phenolic OH excluding ortho intramolecular Hbond substituents is 2. The van der Waals surface area contributed by atoms with E-state index in [-0.39, 0.29) is 17.6 Å². The van der Waals surface area contributed by atoms with Crippen LogP contribution in [0.2, 0.25) is 0 Å². The molecule has 88 valence electrons. The van der Waals surface area contributed by atoms with Gasteiger partial charge in [0, 0.05) is 11.1 Å². The van der Waals surface area contributed by atoms with Gasteiger partial charge in [-0.1, -0.05) is 0 Å². The molecule has 5 heteroatoms. The van der Waals surface area contributed by atoms with E-state index in [4.69, 9.17) is 4.74 Å². The lowest BCUT2D eigenvalue weighted by molar-refractivity contribution is -0.0825. The zero-order valence-corrected chi connectivity index (χ0v) is 10.5. The fourth-order valence-corrected chi connectivity index (χ4v) is 2.51. The molecule has 0 aliphatic carbocycles. The quantitative estimate of drug-likeness (QED) is 0.641. The smallest absolute Gasteiger partial charge is 0.136 e. The minimum Gasteiger partial charge on any atom is -0.508 e. The van der Waals surface area contributed by atoms with Crippen molar-refractivity contribution in [2.45, 2.75) is 32.2 Å². The van der Waals surface area contributed by atoms with Crippen LogP contribution in [0.3, 0.4) is 0 Å². The number of rotatable bonds is 0. The number of hydrogen-bond acceptors (Lipinski definition) is 4. The molecule has 0 saturated carbocycles. The van der Waals surface area contributed by atoms with Crippen molar-refractivity contribution in [2.24, 2.45) is 0 Å². The first-order chi connectivity index (χ1) is 7.43. The summed E-state index contributed by atoms with van der Waals surface area (Å²) in [5, 5.41) is 29.6. The Balaban J connectivity index is 2.70. The van der Waals surface area contributed by atoms with Gasteiger partial charge in [0.1, 0.15) is 17.6 Å². The van der Waals surface area contributed by atoms with E-state index in [0.29, 0.717) is 15.6 Å². The van der Waals surface area contributed by atoms with Crippen LogP contribution in [-0.4, -0.2) is 21.4 Å². The standard InChI is InChI=1S/C11H13BrO4/c1-4-8-9(10(14)5(2)16-4)7(13)3-6(12)11(8)15/h3-5,10,13-15H,1-2H3/t4-,5-,10-/m1/s1. The van der Waals surface area contributed by atoms with E-state index in [1.54, 1.807) is 13.8 Å². The third-order valence-electron chi connectivity index (χ3n) is 2.88. The Morgan fingerprint density at radius 1 is 1.25 bits per heavy atom. The second-order valence-electron chi connectivity index (χ2n) is 3.98. The topological polar surface area (TPSA) is 69.9 Å². The van der Waals surface area contributed by atoms with Gasteiger partial charge in [-0.05, 0) is 35.8 Å². The molecule has 1 aromatic rings. The molecule has 1 aromatic carbocycles. The van der Waals surface area contributed by atoms with Crippen LogP contribution in [0.4, 0.5) is 0 Å². The molecule has 4 nitrogen and oxygen atoms in total. The van der Waals surface area contributed by atoms with Crippen LogP contribution < -0.4 is 0 Å². The van der Waals surface area contributed by atoms with Crippen molar-refractivity contribution in [3.8, 4) is 11.5 Å². The molecule has 0 radical (unpaired) electrons. The Morgan fingerprint density at radius 3 is 2.50 bits per heavy atom. The van der Waals surface area contributed by atoms with Gasteiger partial charge in [-0.25, -0.2) is 0 Å². The Labute approximate surface area is 102 Å². The average Bonchev–Trinajstić information content (AvgIpc) is 2.20. The summed E-state index contributed by atoms with van der Waals surface area (Å²) in [6.07, 6.45) is -1.70. The van der Waals surface area contributed by atoms with Crippen molar-refractivity contribution >= 4 is 15.9 Å². The first-order valence-electron chi connectivity index (χ1n) is 5.01. The van der Waals surface area contributed by atoms with E-state index in [1.807, 2.05) is 0 Å². The van der Waals surface area contributed by atoms with Gasteiger partial charge in [0.25, 0.3) is 0 Å². The van der Waals surface area contributed by atoms with Crippen molar-refractivity contribution in [3.05, 3.63) is 21.7 Å². The average molecular weight is 289 g/mol. The van der Waals surface area contributed by atoms with Crippen LogP contribution in [0.1, 0.15) is 37.2 Å². The van der Waals surface area contributed by atoms with Crippen LogP contribution in [0.15, 0.2) is 10.5 Å². The van der Waals surface area contributed by atoms with E-state index < -0.39 is 12.2 Å². The number of fused-ring (bicyclic) bond motifs is 1. The van der Waals surface area contributed by atoms with Gasteiger partial charge in [-0.15, -0.1) is 0 Å². The Kier molecular flexibility index (Phi) is 2.86. The molecule has 0 amide bonds. The maximum absolute atomic E-state index is 9.93. The molecule has 0 aromatic heterocycles. The van der Waals surface area contributed by atoms with Gasteiger partial charge in [0.2, 0.25) is 0 Å². The summed E-state index contributed by atoms with van der Waals surface area (Å²) < 4.78 is 5.86. The van der Waals surface area contributed by atoms with Gasteiger partial charge in [0.15, 0.2) is 0 Å². The highest BCUT2D eigenvalue weighted by molar-refractivity contribution is 9.10. The van der Waals surface area contributed by atoms with Crippen molar-refractivity contribution in [3.63, 3.8) is 0 Å². The highest BCUT2D eigenvalue weighted by Gasteiger charge is 2.35. The highest BCUT2D eigenvalue weighted by Crippen LogP contribution is 2.47. The molecule has 0 fully saturated rings. The fraction of sp³-hybridized carbons (Fsp3) is 0.455. The van der Waals surface area contributed by atoms with E-state index in [1.165, 1.54) is 6.07 Å². The highest BCUT2D eigenvalue weighted by atomic mass is 79.9. The van der Waals surface area contributed by atoms with Crippen molar-refractivity contribution in [2.75, 3.05) is 0 Å². The van der Waals surface area contributed by atoms with Crippen molar-refractivity contribution in [1.82, 2.24) is 0 Å². The van der Waals surface area contributed by atoms with E-state index in [9.17, 15) is 15.3 Å². The predicted molar refractivity (Wildman–Crippen MR) is 61.4 cm³/mol. The first-order valence-corrected chi connectivity index (χ1v) is 5.80. The number of benzene rings is 1. The molecule has 0 spiro atoms. The molecule has 0 unspecified atom stereocenters. The van der Waals surface area contributed by atoms with Crippen molar-refractivity contribution in [1.29, 1.82) is 0 Å². The van der Waals surface area contributed by atoms with Crippen LogP contribution in [0.25, 0.3) is 0 Å². The number of aliphatic hydroxyl groups excluding tert-OH is 1. The van der Waals surface area contributed by atoms with E-state index >= 15 is 0 Å². The Bertz CT molecular complexity index is 432. The summed E-state index contributed by atoms with van der Waals surface area (Å²) >= 11 is 3.14. The molecular weight excluding hydrogens is 276 g/mol. The van der Waals surface area contributed by atoms with Gasteiger partial charge in [0.05, 0.1) is 16.7 Å². The lowest BCUT2D eigenvalue weighted by Crippen LogP contribution is -2.27. The van der Waals surface area contributed by atoms with Gasteiger partial charge in [-0.2, -0.15) is 0 Å². The van der Waals surface area contributed by atoms with Crippen molar-refractivity contribution < 1.29 is 20.1 Å². The zero-order valence-electron chi connectivity index (χ0n) is 8.94. The maximum atomic E-state index is 9.93. The minimum atomic E-state index is -0.926. The Morgan fingerprint density at radius 2 is 1.88 bits per heavy atom. The van der Waals surface area contributed by atoms with Crippen LogP contribution in [0, 0.1) is 0 Å². The monoisotopic (exact) mass is 288 g/mol. The molecule has 3 N–H and O–H groups in total. The van der Waals surface area contributed by atoms with Crippen LogP contribution >= 0.6 is 15.9 Å². The fourth-order valence-electron chi connectivity index (χ4n) is 2.08. The van der Waals surface area contributed by atoms with Gasteiger partial charge < -0.3 is 20.1 Å². The summed E-state index contributed by atoms with van der Waals surface area (Å²) in [6.45, 7) is 3.50. The summed E-state index contributed by atoms with van der Waals surface area (Å²) in [6, 6.07) is 1.38. The molecule has 16 heavy (non-hydrogen) atoms. The SMILES string of the molecule is C[C@H]1O[C@H](C)[C@@H](O)c2c(O)cc(Br)c(O)c21. The number of phenols is 2. The second kappa shape index (κ2) is 3.91. The van der Waals surface area contributed by atoms with E-state index in [2.05, 4.69) is 15.9 Å². The van der Waals surface area contributed by atoms with Crippen LogP contribution in [0.5, 0.6) is 11.5 Å². The number of hydrogen-bond donors (Lipinski definition) is 3. The van der Waals surface area contributed by atoms with E-state index in [0.717, 1.165) is 0 Å². The molecule has 1 heterocycles.